The van der Waals surface area contributed by atoms with Crippen LogP contribution in [0.25, 0.3) is 0 Å². The van der Waals surface area contributed by atoms with Gasteiger partial charge in [0.25, 0.3) is 0 Å². The number of nitrogen functional groups attached to an aromatic ring is 2. The van der Waals surface area contributed by atoms with Crippen LogP contribution in [0.3, 0.4) is 0 Å². The van der Waals surface area contributed by atoms with E-state index in [-0.39, 0.29) is 5.56 Å². The third-order valence-corrected chi connectivity index (χ3v) is 2.51. The topological polar surface area (TPSA) is 89.3 Å². The third-order valence-electron chi connectivity index (χ3n) is 1.86. The van der Waals surface area contributed by atoms with Gasteiger partial charge in [0.1, 0.15) is 0 Å². The zero-order valence-corrected chi connectivity index (χ0v) is 8.55. The Morgan fingerprint density at radius 2 is 2.00 bits per heavy atom. The molecule has 0 amide bonds. The molecule has 0 fully saturated rings. The van der Waals surface area contributed by atoms with Crippen molar-refractivity contribution in [3.8, 4) is 0 Å². The van der Waals surface area contributed by atoms with Crippen LogP contribution in [0.5, 0.6) is 0 Å². The molecule has 0 aliphatic heterocycles. The van der Waals surface area contributed by atoms with E-state index in [9.17, 15) is 4.79 Å². The Bertz CT molecular complexity index is 377. The van der Waals surface area contributed by atoms with E-state index in [0.29, 0.717) is 21.4 Å². The zero-order chi connectivity index (χ0) is 10.2. The summed E-state index contributed by atoms with van der Waals surface area (Å²) >= 11 is 3.13. The molecule has 0 atom stereocenters. The quantitative estimate of drug-likeness (QED) is 0.656. The molecule has 0 aliphatic rings. The number of aromatic carboxylic acids is 1. The second-order valence-electron chi connectivity index (χ2n) is 2.66. The lowest BCUT2D eigenvalue weighted by Crippen LogP contribution is -2.06. The summed E-state index contributed by atoms with van der Waals surface area (Å²) in [5.41, 5.74) is 12.5. The summed E-state index contributed by atoms with van der Waals surface area (Å²) in [6, 6.07) is 1.45. The summed E-state index contributed by atoms with van der Waals surface area (Å²) in [5, 5.41) is 8.79. The number of hydrogen-bond donors (Lipinski definition) is 3. The van der Waals surface area contributed by atoms with Crippen LogP contribution in [0.1, 0.15) is 15.9 Å². The summed E-state index contributed by atoms with van der Waals surface area (Å²) in [6.07, 6.45) is 0. The van der Waals surface area contributed by atoms with Crippen molar-refractivity contribution in [1.82, 2.24) is 0 Å². The van der Waals surface area contributed by atoms with E-state index in [4.69, 9.17) is 16.6 Å². The highest BCUT2D eigenvalue weighted by molar-refractivity contribution is 9.10. The minimum atomic E-state index is -1.01. The van der Waals surface area contributed by atoms with Gasteiger partial charge in [0.2, 0.25) is 0 Å². The Morgan fingerprint density at radius 3 is 2.46 bits per heavy atom. The molecule has 70 valence electrons. The van der Waals surface area contributed by atoms with Crippen LogP contribution in [0.4, 0.5) is 11.4 Å². The van der Waals surface area contributed by atoms with Crippen LogP contribution >= 0.6 is 15.9 Å². The molecule has 0 aliphatic carbocycles. The average Bonchev–Trinajstić information content (AvgIpc) is 2.07. The third kappa shape index (κ3) is 1.60. The van der Waals surface area contributed by atoms with Gasteiger partial charge in [0.05, 0.1) is 16.9 Å². The predicted octanol–water partition coefficient (Wildman–Crippen LogP) is 1.62. The van der Waals surface area contributed by atoms with Gasteiger partial charge in [0.15, 0.2) is 0 Å². The molecule has 0 heterocycles. The van der Waals surface area contributed by atoms with Gasteiger partial charge in [-0.25, -0.2) is 4.79 Å². The molecular weight excluding hydrogens is 236 g/mol. The molecule has 1 aromatic carbocycles. The van der Waals surface area contributed by atoms with E-state index in [0.717, 1.165) is 0 Å². The van der Waals surface area contributed by atoms with E-state index in [1.54, 1.807) is 6.92 Å². The smallest absolute Gasteiger partial charge is 0.336 e. The van der Waals surface area contributed by atoms with Gasteiger partial charge in [-0.2, -0.15) is 0 Å². The van der Waals surface area contributed by atoms with E-state index >= 15 is 0 Å². The van der Waals surface area contributed by atoms with Gasteiger partial charge in [-0.3, -0.25) is 0 Å². The highest BCUT2D eigenvalue weighted by atomic mass is 79.9. The van der Waals surface area contributed by atoms with E-state index < -0.39 is 5.97 Å². The highest BCUT2D eigenvalue weighted by Crippen LogP contribution is 2.31. The second-order valence-corrected chi connectivity index (χ2v) is 3.52. The molecule has 5 heteroatoms. The largest absolute Gasteiger partial charge is 0.478 e. The SMILES string of the molecule is Cc1c(C(=O)O)cc(Br)c(N)c1N. The molecule has 1 rings (SSSR count). The molecular formula is C8H9BrN2O2. The number of carbonyl (C=O) groups is 1. The van der Waals surface area contributed by atoms with Crippen LogP contribution in [-0.4, -0.2) is 11.1 Å². The summed E-state index contributed by atoms with van der Waals surface area (Å²) in [5.74, 6) is -1.01. The summed E-state index contributed by atoms with van der Waals surface area (Å²) in [4.78, 5) is 10.7. The maximum atomic E-state index is 10.7. The molecule has 0 aromatic heterocycles. The molecule has 0 unspecified atom stereocenters. The van der Waals surface area contributed by atoms with Crippen LogP contribution in [0.15, 0.2) is 10.5 Å². The fraction of sp³-hybridized carbons (Fsp3) is 0.125. The lowest BCUT2D eigenvalue weighted by Gasteiger charge is -2.09. The Kier molecular flexibility index (Phi) is 2.47. The Labute approximate surface area is 83.7 Å². The number of rotatable bonds is 1. The number of nitrogens with two attached hydrogens (primary N) is 2. The van der Waals surface area contributed by atoms with Crippen molar-refractivity contribution >= 4 is 33.3 Å². The first kappa shape index (κ1) is 9.85. The Morgan fingerprint density at radius 1 is 1.46 bits per heavy atom. The summed E-state index contributed by atoms with van der Waals surface area (Å²) < 4.78 is 0.507. The van der Waals surface area contributed by atoms with Gasteiger partial charge in [0, 0.05) is 4.47 Å². The first-order valence-corrected chi connectivity index (χ1v) is 4.31. The molecule has 0 saturated carbocycles. The maximum absolute atomic E-state index is 10.7. The lowest BCUT2D eigenvalue weighted by molar-refractivity contribution is 0.0696. The van der Waals surface area contributed by atoms with Crippen molar-refractivity contribution < 1.29 is 9.90 Å². The van der Waals surface area contributed by atoms with E-state index in [2.05, 4.69) is 15.9 Å². The van der Waals surface area contributed by atoms with Crippen molar-refractivity contribution in [2.75, 3.05) is 11.5 Å². The summed E-state index contributed by atoms with van der Waals surface area (Å²) in [6.45, 7) is 1.63. The molecule has 0 bridgehead atoms. The molecule has 5 N–H and O–H groups in total. The Balaban J connectivity index is 3.50. The standard InChI is InChI=1S/C8H9BrN2O2/c1-3-4(8(12)13)2-5(9)7(11)6(3)10/h2H,10-11H2,1H3,(H,12,13). The van der Waals surface area contributed by atoms with E-state index in [1.807, 2.05) is 0 Å². The van der Waals surface area contributed by atoms with E-state index in [1.165, 1.54) is 6.07 Å². The maximum Gasteiger partial charge on any atom is 0.336 e. The number of carboxylic acid groups (broad SMARTS) is 1. The van der Waals surface area contributed by atoms with Gasteiger partial charge in [-0.05, 0) is 34.5 Å². The monoisotopic (exact) mass is 244 g/mol. The van der Waals surface area contributed by atoms with Crippen LogP contribution < -0.4 is 11.5 Å². The Hall–Kier alpha value is -1.23. The van der Waals surface area contributed by atoms with Gasteiger partial charge in [-0.15, -0.1) is 0 Å². The minimum absolute atomic E-state index is 0.165. The van der Waals surface area contributed by atoms with Crippen molar-refractivity contribution in [3.63, 3.8) is 0 Å². The fourth-order valence-corrected chi connectivity index (χ4v) is 1.45. The van der Waals surface area contributed by atoms with Gasteiger partial charge in [-0.1, -0.05) is 0 Å². The molecule has 1 aromatic rings. The van der Waals surface area contributed by atoms with Crippen molar-refractivity contribution in [2.24, 2.45) is 0 Å². The van der Waals surface area contributed by atoms with Crippen molar-refractivity contribution in [2.45, 2.75) is 6.92 Å². The van der Waals surface area contributed by atoms with Crippen LogP contribution in [0, 0.1) is 6.92 Å². The lowest BCUT2D eigenvalue weighted by atomic mass is 10.1. The number of carboxylic acids is 1. The number of halogens is 1. The number of anilines is 2. The summed E-state index contributed by atoms with van der Waals surface area (Å²) in [7, 11) is 0. The van der Waals surface area contributed by atoms with Gasteiger partial charge >= 0.3 is 5.97 Å². The highest BCUT2D eigenvalue weighted by Gasteiger charge is 2.13. The predicted molar refractivity (Wildman–Crippen MR) is 54.7 cm³/mol. The molecule has 0 saturated heterocycles. The molecule has 13 heavy (non-hydrogen) atoms. The van der Waals surface area contributed by atoms with Gasteiger partial charge < -0.3 is 16.6 Å². The van der Waals surface area contributed by atoms with Crippen molar-refractivity contribution in [1.29, 1.82) is 0 Å². The van der Waals surface area contributed by atoms with Crippen molar-refractivity contribution in [3.05, 3.63) is 21.7 Å². The molecule has 0 spiro atoms. The van der Waals surface area contributed by atoms with Crippen LogP contribution in [0.2, 0.25) is 0 Å². The van der Waals surface area contributed by atoms with Crippen LogP contribution in [-0.2, 0) is 0 Å². The zero-order valence-electron chi connectivity index (χ0n) is 6.97. The molecule has 0 radical (unpaired) electrons. The number of benzene rings is 1. The second kappa shape index (κ2) is 3.26. The molecule has 4 nitrogen and oxygen atoms in total. The fourth-order valence-electron chi connectivity index (χ4n) is 1.01. The minimum Gasteiger partial charge on any atom is -0.478 e. The first-order valence-electron chi connectivity index (χ1n) is 3.52. The average molecular weight is 245 g/mol. The first-order chi connectivity index (χ1) is 5.95. The normalized spacial score (nSPS) is 10.0. The number of hydrogen-bond acceptors (Lipinski definition) is 3.